The van der Waals surface area contributed by atoms with Gasteiger partial charge in [-0.25, -0.2) is 18.2 Å². The summed E-state index contributed by atoms with van der Waals surface area (Å²) in [5.74, 6) is -4.94. The van der Waals surface area contributed by atoms with Crippen molar-refractivity contribution in [3.63, 3.8) is 0 Å². The molecule has 1 fully saturated rings. The van der Waals surface area contributed by atoms with Gasteiger partial charge in [0, 0.05) is 38.5 Å². The lowest BCUT2D eigenvalue weighted by atomic mass is 9.95. The molecule has 5 rings (SSSR count). The van der Waals surface area contributed by atoms with Crippen LogP contribution in [-0.2, 0) is 31.1 Å². The Hall–Kier alpha value is -4.17. The Morgan fingerprint density at radius 2 is 1.65 bits per heavy atom. The van der Waals surface area contributed by atoms with Gasteiger partial charge in [-0.05, 0) is 41.5 Å². The number of hydrogen-bond donors (Lipinski definition) is 3. The molecular formula is C33H32Cl2F6N6O2. The zero-order chi connectivity index (χ0) is 36.1. The molecule has 1 aliphatic heterocycles. The Bertz CT molecular complexity index is 1940. The van der Waals surface area contributed by atoms with E-state index in [1.165, 1.54) is 17.0 Å². The smallest absolute Gasteiger partial charge is 0.365 e. The molecule has 2 amide bonds. The summed E-state index contributed by atoms with van der Waals surface area (Å²) in [6, 6.07) is 8.23. The van der Waals surface area contributed by atoms with Crippen molar-refractivity contribution in [2.45, 2.75) is 52.4 Å². The summed E-state index contributed by atoms with van der Waals surface area (Å²) in [4.78, 5) is 31.8. The number of amides is 2. The third kappa shape index (κ3) is 7.85. The predicted molar refractivity (Wildman–Crippen MR) is 176 cm³/mol. The Morgan fingerprint density at radius 3 is 2.29 bits per heavy atom. The summed E-state index contributed by atoms with van der Waals surface area (Å²) in [5, 5.41) is 8.78. The molecule has 0 bridgehead atoms. The van der Waals surface area contributed by atoms with Gasteiger partial charge in [-0.3, -0.25) is 9.59 Å². The summed E-state index contributed by atoms with van der Waals surface area (Å²) in [7, 11) is 1.64. The van der Waals surface area contributed by atoms with Crippen LogP contribution in [0.3, 0.4) is 0 Å². The van der Waals surface area contributed by atoms with Gasteiger partial charge in [-0.1, -0.05) is 56.1 Å². The molecule has 0 radical (unpaired) electrons. The molecule has 0 unspecified atom stereocenters. The fourth-order valence-corrected chi connectivity index (χ4v) is 5.89. The van der Waals surface area contributed by atoms with Crippen LogP contribution in [0.1, 0.15) is 54.2 Å². The number of nitrogens with zero attached hydrogens (tertiary/aromatic N) is 3. The topological polar surface area (TPSA) is 91.3 Å². The highest BCUT2D eigenvalue weighted by Crippen LogP contribution is 2.39. The van der Waals surface area contributed by atoms with Crippen molar-refractivity contribution in [1.29, 1.82) is 0 Å². The zero-order valence-electron chi connectivity index (χ0n) is 26.8. The van der Waals surface area contributed by atoms with Gasteiger partial charge >= 0.3 is 6.18 Å². The number of aromatic nitrogens is 2. The second-order valence-corrected chi connectivity index (χ2v) is 13.6. The quantitative estimate of drug-likeness (QED) is 0.159. The molecule has 2 heterocycles. The summed E-state index contributed by atoms with van der Waals surface area (Å²) >= 11 is 13.2. The lowest BCUT2D eigenvalue weighted by molar-refractivity contribution is -0.138. The average molecular weight is 730 g/mol. The van der Waals surface area contributed by atoms with Crippen molar-refractivity contribution in [1.82, 2.24) is 20.2 Å². The monoisotopic (exact) mass is 728 g/mol. The standard InChI is InChI=1S/C33H32Cl2F6N6O2/c1-31(2,3)29(49)43-15-18-6-8-22(34)27(26(18)35)45-30-44-23-12-20(24(13-25(23)46(30)4)47-10-9-32(37,38)16-47)28(48)42-14-17-5-7-19(36)11-21(17)33(39,40)41/h5-8,11-13H,9-10,14-16H2,1-4H3,(H,42,48)(H,43,49)(H,44,45). The Kier molecular flexibility index (Phi) is 9.78. The number of rotatable bonds is 8. The number of fused-ring (bicyclic) bond motifs is 1. The Balaban J connectivity index is 1.49. The Morgan fingerprint density at radius 1 is 0.980 bits per heavy atom. The third-order valence-corrected chi connectivity index (χ3v) is 8.85. The summed E-state index contributed by atoms with van der Waals surface area (Å²) in [6.07, 6.45) is -5.34. The molecule has 1 aliphatic rings. The lowest BCUT2D eigenvalue weighted by Crippen LogP contribution is -2.34. The largest absolute Gasteiger partial charge is 0.416 e. The van der Waals surface area contributed by atoms with Gasteiger partial charge in [-0.15, -0.1) is 0 Å². The molecule has 262 valence electrons. The van der Waals surface area contributed by atoms with Crippen LogP contribution in [0.15, 0.2) is 42.5 Å². The molecule has 16 heteroatoms. The molecule has 1 aromatic heterocycles. The SMILES string of the molecule is Cn1c(Nc2c(Cl)ccc(CNC(=O)C(C)(C)C)c2Cl)nc2cc(C(=O)NCc3ccc(F)cc3C(F)(F)F)c(N3CCC(F)(F)C3)cc21. The fourth-order valence-electron chi connectivity index (χ4n) is 5.36. The minimum Gasteiger partial charge on any atom is -0.365 e. The van der Waals surface area contributed by atoms with Crippen molar-refractivity contribution in [3.8, 4) is 0 Å². The first-order valence-electron chi connectivity index (χ1n) is 15.0. The molecular weight excluding hydrogens is 697 g/mol. The fraction of sp³-hybridized carbons (Fsp3) is 0.364. The van der Waals surface area contributed by atoms with Crippen LogP contribution in [0.4, 0.5) is 43.7 Å². The number of carbonyl (C=O) groups excluding carboxylic acids is 2. The predicted octanol–water partition coefficient (Wildman–Crippen LogP) is 8.22. The van der Waals surface area contributed by atoms with E-state index in [0.29, 0.717) is 17.1 Å². The first kappa shape index (κ1) is 36.1. The number of aryl methyl sites for hydroxylation is 1. The van der Waals surface area contributed by atoms with Crippen LogP contribution >= 0.6 is 23.2 Å². The molecule has 0 atom stereocenters. The van der Waals surface area contributed by atoms with E-state index in [1.54, 1.807) is 44.5 Å². The van der Waals surface area contributed by atoms with Crippen molar-refractivity contribution in [2.24, 2.45) is 12.5 Å². The maximum Gasteiger partial charge on any atom is 0.416 e. The molecule has 3 N–H and O–H groups in total. The van der Waals surface area contributed by atoms with Crippen molar-refractivity contribution in [3.05, 3.63) is 80.6 Å². The van der Waals surface area contributed by atoms with E-state index in [0.717, 1.165) is 12.1 Å². The number of anilines is 3. The number of nitrogens with one attached hydrogen (secondary N) is 3. The second kappa shape index (κ2) is 13.3. The van der Waals surface area contributed by atoms with Crippen molar-refractivity contribution < 1.29 is 35.9 Å². The van der Waals surface area contributed by atoms with E-state index in [9.17, 15) is 35.9 Å². The van der Waals surface area contributed by atoms with Gasteiger partial charge in [0.25, 0.3) is 11.8 Å². The number of alkyl halides is 5. The van der Waals surface area contributed by atoms with Gasteiger partial charge in [0.1, 0.15) is 5.82 Å². The highest BCUT2D eigenvalue weighted by Gasteiger charge is 2.40. The van der Waals surface area contributed by atoms with Gasteiger partial charge in [0.05, 0.1) is 50.1 Å². The molecule has 49 heavy (non-hydrogen) atoms. The molecule has 8 nitrogen and oxygen atoms in total. The number of hydrogen-bond acceptors (Lipinski definition) is 5. The first-order valence-corrected chi connectivity index (χ1v) is 15.8. The average Bonchev–Trinajstić information content (AvgIpc) is 3.53. The van der Waals surface area contributed by atoms with E-state index >= 15 is 0 Å². The maximum atomic E-state index is 14.3. The van der Waals surface area contributed by atoms with E-state index in [2.05, 4.69) is 20.9 Å². The first-order chi connectivity index (χ1) is 22.7. The van der Waals surface area contributed by atoms with Crippen LogP contribution in [0.5, 0.6) is 0 Å². The van der Waals surface area contributed by atoms with Crippen LogP contribution in [0.25, 0.3) is 11.0 Å². The maximum absolute atomic E-state index is 14.3. The third-order valence-electron chi connectivity index (χ3n) is 8.10. The molecule has 1 saturated heterocycles. The van der Waals surface area contributed by atoms with E-state index in [4.69, 9.17) is 23.2 Å². The minimum atomic E-state index is -4.88. The van der Waals surface area contributed by atoms with E-state index in [-0.39, 0.29) is 63.0 Å². The zero-order valence-corrected chi connectivity index (χ0v) is 28.3. The number of halogens is 8. The number of imidazole rings is 1. The lowest BCUT2D eigenvalue weighted by Gasteiger charge is -2.22. The van der Waals surface area contributed by atoms with Crippen molar-refractivity contribution >= 4 is 63.4 Å². The molecule has 0 aliphatic carbocycles. The Labute approximate surface area is 287 Å². The van der Waals surface area contributed by atoms with E-state index in [1.807, 2.05) is 0 Å². The van der Waals surface area contributed by atoms with Crippen LogP contribution in [0, 0.1) is 11.2 Å². The molecule has 0 spiro atoms. The van der Waals surface area contributed by atoms with Gasteiger partial charge in [0.2, 0.25) is 11.9 Å². The van der Waals surface area contributed by atoms with Gasteiger partial charge in [0.15, 0.2) is 0 Å². The minimum absolute atomic E-state index is 0.0817. The molecule has 3 aromatic carbocycles. The van der Waals surface area contributed by atoms with Crippen molar-refractivity contribution in [2.75, 3.05) is 23.3 Å². The summed E-state index contributed by atoms with van der Waals surface area (Å²) < 4.78 is 84.6. The highest BCUT2D eigenvalue weighted by atomic mass is 35.5. The normalized spacial score (nSPS) is 14.7. The van der Waals surface area contributed by atoms with Gasteiger partial charge in [-0.2, -0.15) is 13.2 Å². The van der Waals surface area contributed by atoms with Gasteiger partial charge < -0.3 is 25.4 Å². The van der Waals surface area contributed by atoms with Crippen LogP contribution in [0.2, 0.25) is 10.0 Å². The number of benzene rings is 3. The highest BCUT2D eigenvalue weighted by molar-refractivity contribution is 6.39. The van der Waals surface area contributed by atoms with E-state index < -0.39 is 54.3 Å². The number of carbonyl (C=O) groups is 2. The molecule has 0 saturated carbocycles. The summed E-state index contributed by atoms with van der Waals surface area (Å²) in [5.41, 5.74) is -0.696. The molecule has 4 aromatic rings. The van der Waals surface area contributed by atoms with Crippen LogP contribution in [-0.4, -0.2) is 40.4 Å². The summed E-state index contributed by atoms with van der Waals surface area (Å²) in [6.45, 7) is 4.07. The van der Waals surface area contributed by atoms with Crippen LogP contribution < -0.4 is 20.9 Å². The second-order valence-electron chi connectivity index (χ2n) is 12.8.